The van der Waals surface area contributed by atoms with E-state index >= 15 is 0 Å². The number of rotatable bonds is 3. The molecule has 1 heterocycles. The second kappa shape index (κ2) is 6.27. The molecule has 4 heteroatoms. The van der Waals surface area contributed by atoms with Gasteiger partial charge in [0.05, 0.1) is 25.6 Å². The maximum atomic E-state index is 8.93. The zero-order chi connectivity index (χ0) is 12.8. The lowest BCUT2D eigenvalue weighted by molar-refractivity contribution is 0.414. The van der Waals surface area contributed by atoms with Gasteiger partial charge in [0.25, 0.3) is 0 Å². The van der Waals surface area contributed by atoms with E-state index in [0.717, 1.165) is 31.8 Å². The molecule has 1 fully saturated rings. The van der Waals surface area contributed by atoms with E-state index in [-0.39, 0.29) is 6.04 Å². The Morgan fingerprint density at radius 1 is 1.44 bits per heavy atom. The van der Waals surface area contributed by atoms with Gasteiger partial charge in [0.15, 0.2) is 0 Å². The molecule has 1 atom stereocenters. The van der Waals surface area contributed by atoms with Crippen LogP contribution in [0.3, 0.4) is 0 Å². The summed E-state index contributed by atoms with van der Waals surface area (Å²) in [6.45, 7) is 2.89. The fourth-order valence-corrected chi connectivity index (χ4v) is 2.34. The van der Waals surface area contributed by atoms with Crippen LogP contribution in [0.5, 0.6) is 5.75 Å². The Kier molecular flexibility index (Phi) is 4.43. The van der Waals surface area contributed by atoms with Gasteiger partial charge in [-0.05, 0) is 37.2 Å². The van der Waals surface area contributed by atoms with Crippen molar-refractivity contribution in [2.45, 2.75) is 18.9 Å². The summed E-state index contributed by atoms with van der Waals surface area (Å²) in [5.74, 6) is 0.864. The summed E-state index contributed by atoms with van der Waals surface area (Å²) in [5.41, 5.74) is 1.17. The Balaban J connectivity index is 2.17. The molecule has 4 nitrogen and oxygen atoms in total. The van der Waals surface area contributed by atoms with E-state index in [1.165, 1.54) is 5.69 Å². The molecular formula is C14H19N3O. The minimum atomic E-state index is 0.255. The fraction of sp³-hybridized carbons (Fsp3) is 0.500. The first kappa shape index (κ1) is 12.7. The Labute approximate surface area is 108 Å². The lowest BCUT2D eigenvalue weighted by atomic mass is 10.1. The van der Waals surface area contributed by atoms with Crippen molar-refractivity contribution in [3.05, 3.63) is 24.3 Å². The molecule has 0 spiro atoms. The van der Waals surface area contributed by atoms with Crippen LogP contribution in [-0.4, -0.2) is 32.8 Å². The van der Waals surface area contributed by atoms with Gasteiger partial charge in [-0.2, -0.15) is 5.26 Å². The number of hydrogen-bond acceptors (Lipinski definition) is 4. The Morgan fingerprint density at radius 2 is 2.22 bits per heavy atom. The number of nitrogens with one attached hydrogen (secondary N) is 1. The Hall–Kier alpha value is -1.73. The van der Waals surface area contributed by atoms with Gasteiger partial charge in [-0.15, -0.1) is 0 Å². The van der Waals surface area contributed by atoms with Crippen molar-refractivity contribution in [1.82, 2.24) is 5.32 Å². The van der Waals surface area contributed by atoms with Gasteiger partial charge >= 0.3 is 0 Å². The van der Waals surface area contributed by atoms with Crippen LogP contribution in [0, 0.1) is 11.3 Å². The molecule has 2 rings (SSSR count). The average molecular weight is 245 g/mol. The first-order valence-electron chi connectivity index (χ1n) is 6.33. The topological polar surface area (TPSA) is 48.3 Å². The molecule has 1 unspecified atom stereocenters. The van der Waals surface area contributed by atoms with Crippen LogP contribution in [0.25, 0.3) is 0 Å². The number of nitrogens with zero attached hydrogens (tertiary/aromatic N) is 2. The van der Waals surface area contributed by atoms with E-state index in [1.54, 1.807) is 7.11 Å². The normalized spacial score (nSPS) is 20.0. The number of anilines is 1. The van der Waals surface area contributed by atoms with Crippen LogP contribution in [0.4, 0.5) is 5.69 Å². The van der Waals surface area contributed by atoms with Gasteiger partial charge in [-0.1, -0.05) is 0 Å². The maximum Gasteiger partial charge on any atom is 0.119 e. The second-order valence-corrected chi connectivity index (χ2v) is 4.47. The molecule has 1 aromatic carbocycles. The van der Waals surface area contributed by atoms with Gasteiger partial charge in [0, 0.05) is 18.8 Å². The van der Waals surface area contributed by atoms with E-state index < -0.39 is 0 Å². The molecule has 1 aliphatic rings. The minimum absolute atomic E-state index is 0.255. The lowest BCUT2D eigenvalue weighted by Crippen LogP contribution is -2.39. The van der Waals surface area contributed by atoms with Crippen LogP contribution in [0.15, 0.2) is 24.3 Å². The highest BCUT2D eigenvalue weighted by atomic mass is 16.5. The lowest BCUT2D eigenvalue weighted by Gasteiger charge is -2.30. The molecule has 18 heavy (non-hydrogen) atoms. The largest absolute Gasteiger partial charge is 0.497 e. The van der Waals surface area contributed by atoms with Crippen molar-refractivity contribution in [2.75, 3.05) is 31.6 Å². The van der Waals surface area contributed by atoms with Crippen molar-refractivity contribution in [1.29, 1.82) is 5.26 Å². The minimum Gasteiger partial charge on any atom is -0.497 e. The van der Waals surface area contributed by atoms with Gasteiger partial charge in [-0.25, -0.2) is 0 Å². The van der Waals surface area contributed by atoms with E-state index in [1.807, 2.05) is 12.1 Å². The predicted octanol–water partition coefficient (Wildman–Crippen LogP) is 1.78. The van der Waals surface area contributed by atoms with Crippen molar-refractivity contribution in [3.8, 4) is 11.8 Å². The molecule has 1 saturated heterocycles. The van der Waals surface area contributed by atoms with Crippen molar-refractivity contribution >= 4 is 5.69 Å². The zero-order valence-corrected chi connectivity index (χ0v) is 10.7. The third kappa shape index (κ3) is 2.93. The quantitative estimate of drug-likeness (QED) is 0.881. The van der Waals surface area contributed by atoms with Crippen molar-refractivity contribution in [2.24, 2.45) is 0 Å². The first-order chi connectivity index (χ1) is 8.85. The van der Waals surface area contributed by atoms with Crippen LogP contribution in [0.2, 0.25) is 0 Å². The standard InChI is InChI=1S/C14H19N3O/c1-18-14-5-3-12(4-6-14)17-10-2-9-16-11-13(17)7-8-15/h3-6,13,16H,2,7,9-11H2,1H3. The predicted molar refractivity (Wildman–Crippen MR) is 71.8 cm³/mol. The van der Waals surface area contributed by atoms with Gasteiger partial charge in [0.1, 0.15) is 5.75 Å². The summed E-state index contributed by atoms with van der Waals surface area (Å²) in [4.78, 5) is 2.32. The zero-order valence-electron chi connectivity index (χ0n) is 10.7. The van der Waals surface area contributed by atoms with Crippen molar-refractivity contribution < 1.29 is 4.74 Å². The summed E-state index contributed by atoms with van der Waals surface area (Å²) in [6.07, 6.45) is 1.66. The van der Waals surface area contributed by atoms with Crippen LogP contribution in [0.1, 0.15) is 12.8 Å². The molecule has 0 aromatic heterocycles. The molecule has 0 radical (unpaired) electrons. The van der Waals surface area contributed by atoms with E-state index in [9.17, 15) is 0 Å². The number of ether oxygens (including phenoxy) is 1. The van der Waals surface area contributed by atoms with Crippen LogP contribution >= 0.6 is 0 Å². The van der Waals surface area contributed by atoms with Crippen LogP contribution in [-0.2, 0) is 0 Å². The summed E-state index contributed by atoms with van der Waals surface area (Å²) >= 11 is 0. The molecule has 96 valence electrons. The van der Waals surface area contributed by atoms with Crippen molar-refractivity contribution in [3.63, 3.8) is 0 Å². The van der Waals surface area contributed by atoms with E-state index in [0.29, 0.717) is 6.42 Å². The number of methoxy groups -OCH3 is 1. The number of nitriles is 1. The first-order valence-corrected chi connectivity index (χ1v) is 6.33. The number of benzene rings is 1. The van der Waals surface area contributed by atoms with Gasteiger partial charge < -0.3 is 15.0 Å². The van der Waals surface area contributed by atoms with E-state index in [2.05, 4.69) is 28.4 Å². The molecule has 0 aliphatic carbocycles. The summed E-state index contributed by atoms with van der Waals surface area (Å²) in [6, 6.07) is 10.6. The van der Waals surface area contributed by atoms with Gasteiger partial charge in [-0.3, -0.25) is 0 Å². The Morgan fingerprint density at radius 3 is 2.89 bits per heavy atom. The highest BCUT2D eigenvalue weighted by Gasteiger charge is 2.20. The van der Waals surface area contributed by atoms with E-state index in [4.69, 9.17) is 10.00 Å². The molecule has 1 aromatic rings. The SMILES string of the molecule is COc1ccc(N2CCCNCC2CC#N)cc1. The van der Waals surface area contributed by atoms with Gasteiger partial charge in [0.2, 0.25) is 0 Å². The maximum absolute atomic E-state index is 8.93. The fourth-order valence-electron chi connectivity index (χ4n) is 2.34. The number of hydrogen-bond donors (Lipinski definition) is 1. The monoisotopic (exact) mass is 245 g/mol. The summed E-state index contributed by atoms with van der Waals surface area (Å²) < 4.78 is 5.17. The molecule has 1 N–H and O–H groups in total. The average Bonchev–Trinajstić information content (AvgIpc) is 2.65. The summed E-state index contributed by atoms with van der Waals surface area (Å²) in [5, 5.41) is 12.3. The highest BCUT2D eigenvalue weighted by Crippen LogP contribution is 2.23. The molecule has 0 bridgehead atoms. The third-order valence-electron chi connectivity index (χ3n) is 3.30. The third-order valence-corrected chi connectivity index (χ3v) is 3.30. The summed E-state index contributed by atoms with van der Waals surface area (Å²) in [7, 11) is 1.67. The second-order valence-electron chi connectivity index (χ2n) is 4.47. The Bertz CT molecular complexity index is 410. The molecule has 0 amide bonds. The molecular weight excluding hydrogens is 226 g/mol. The molecule has 1 aliphatic heterocycles. The smallest absolute Gasteiger partial charge is 0.119 e. The molecule has 0 saturated carbocycles. The highest BCUT2D eigenvalue weighted by molar-refractivity contribution is 5.50. The van der Waals surface area contributed by atoms with Crippen LogP contribution < -0.4 is 15.0 Å².